The molecule has 0 fully saturated rings. The summed E-state index contributed by atoms with van der Waals surface area (Å²) >= 11 is 0. The number of carbonyl (C=O) groups is 2. The molecule has 0 unspecified atom stereocenters. The highest BCUT2D eigenvalue weighted by Gasteiger charge is 2.18. The van der Waals surface area contributed by atoms with Crippen molar-refractivity contribution in [2.24, 2.45) is 0 Å². The molecule has 0 aromatic carbocycles. The number of allylic oxidation sites excluding steroid dienone is 3. The van der Waals surface area contributed by atoms with Crippen LogP contribution in [0.2, 0.25) is 0 Å². The van der Waals surface area contributed by atoms with Gasteiger partial charge >= 0.3 is 11.9 Å². The van der Waals surface area contributed by atoms with E-state index < -0.39 is 17.5 Å². The normalized spacial score (nSPS) is 9.27. The number of rotatable bonds is 5. The van der Waals surface area contributed by atoms with Crippen LogP contribution in [0.4, 0.5) is 0 Å². The van der Waals surface area contributed by atoms with Crippen LogP contribution in [-0.4, -0.2) is 22.2 Å². The van der Waals surface area contributed by atoms with Crippen molar-refractivity contribution in [3.05, 3.63) is 22.8 Å². The van der Waals surface area contributed by atoms with E-state index in [-0.39, 0.29) is 0 Å². The SMILES string of the molecule is CC(C)=CCCC(C)=C(C(=O)O)C(=O)O. The van der Waals surface area contributed by atoms with Crippen molar-refractivity contribution in [2.75, 3.05) is 0 Å². The largest absolute Gasteiger partial charge is 0.477 e. The molecule has 0 rings (SSSR count). The molecular weight excluding hydrogens is 196 g/mol. The predicted octanol–water partition coefficient (Wildman–Crippen LogP) is 2.22. The molecule has 0 aromatic rings. The lowest BCUT2D eigenvalue weighted by Gasteiger charge is -2.02. The number of carboxylic acid groups (broad SMARTS) is 2. The average Bonchev–Trinajstić information content (AvgIpc) is 2.01. The van der Waals surface area contributed by atoms with Crippen molar-refractivity contribution in [1.82, 2.24) is 0 Å². The van der Waals surface area contributed by atoms with Gasteiger partial charge in [0, 0.05) is 0 Å². The third-order valence-corrected chi connectivity index (χ3v) is 1.93. The monoisotopic (exact) mass is 212 g/mol. The third-order valence-electron chi connectivity index (χ3n) is 1.93. The van der Waals surface area contributed by atoms with E-state index in [2.05, 4.69) is 0 Å². The van der Waals surface area contributed by atoms with Crippen LogP contribution in [0.15, 0.2) is 22.8 Å². The zero-order chi connectivity index (χ0) is 12.0. The summed E-state index contributed by atoms with van der Waals surface area (Å²) < 4.78 is 0. The molecule has 15 heavy (non-hydrogen) atoms. The van der Waals surface area contributed by atoms with Crippen LogP contribution >= 0.6 is 0 Å². The summed E-state index contributed by atoms with van der Waals surface area (Å²) in [6.45, 7) is 5.42. The zero-order valence-corrected chi connectivity index (χ0v) is 9.20. The van der Waals surface area contributed by atoms with Crippen LogP contribution in [-0.2, 0) is 9.59 Å². The van der Waals surface area contributed by atoms with Gasteiger partial charge in [-0.15, -0.1) is 0 Å². The van der Waals surface area contributed by atoms with E-state index in [1.165, 1.54) is 6.92 Å². The molecule has 0 heterocycles. The minimum atomic E-state index is -1.38. The van der Waals surface area contributed by atoms with Crippen LogP contribution in [0, 0.1) is 0 Å². The van der Waals surface area contributed by atoms with Crippen molar-refractivity contribution in [3.8, 4) is 0 Å². The molecule has 0 amide bonds. The fourth-order valence-corrected chi connectivity index (χ4v) is 1.16. The van der Waals surface area contributed by atoms with Gasteiger partial charge in [-0.05, 0) is 33.6 Å². The maximum absolute atomic E-state index is 10.6. The van der Waals surface area contributed by atoms with E-state index in [9.17, 15) is 9.59 Å². The average molecular weight is 212 g/mol. The van der Waals surface area contributed by atoms with Crippen molar-refractivity contribution < 1.29 is 19.8 Å². The fraction of sp³-hybridized carbons (Fsp3) is 0.455. The van der Waals surface area contributed by atoms with Crippen LogP contribution in [0.1, 0.15) is 33.6 Å². The summed E-state index contributed by atoms with van der Waals surface area (Å²) in [5.41, 5.74) is 1.01. The summed E-state index contributed by atoms with van der Waals surface area (Å²) in [5, 5.41) is 17.3. The Morgan fingerprint density at radius 3 is 1.87 bits per heavy atom. The first-order valence-corrected chi connectivity index (χ1v) is 4.66. The first-order chi connectivity index (χ1) is 6.86. The van der Waals surface area contributed by atoms with E-state index in [1.54, 1.807) is 0 Å². The molecule has 0 atom stereocenters. The molecule has 0 saturated carbocycles. The maximum atomic E-state index is 10.6. The van der Waals surface area contributed by atoms with Gasteiger partial charge in [-0.1, -0.05) is 17.2 Å². The van der Waals surface area contributed by atoms with E-state index in [0.29, 0.717) is 18.4 Å². The molecule has 0 aliphatic heterocycles. The standard InChI is InChI=1S/C11H16O4/c1-7(2)5-4-6-8(3)9(10(12)13)11(14)15/h5H,4,6H2,1-3H3,(H,12,13)(H,14,15). The summed E-state index contributed by atoms with van der Waals surface area (Å²) in [6, 6.07) is 0. The predicted molar refractivity (Wildman–Crippen MR) is 56.6 cm³/mol. The Hall–Kier alpha value is -1.58. The summed E-state index contributed by atoms with van der Waals surface area (Å²) in [4.78, 5) is 21.3. The van der Waals surface area contributed by atoms with Gasteiger partial charge in [0.2, 0.25) is 0 Å². The lowest BCUT2D eigenvalue weighted by Crippen LogP contribution is -2.13. The van der Waals surface area contributed by atoms with Gasteiger partial charge in [-0.25, -0.2) is 9.59 Å². The molecule has 0 aliphatic rings. The highest BCUT2D eigenvalue weighted by molar-refractivity contribution is 6.13. The number of carboxylic acids is 2. The Balaban J connectivity index is 4.67. The van der Waals surface area contributed by atoms with Gasteiger partial charge in [-0.2, -0.15) is 0 Å². The Bertz CT molecular complexity index is 303. The van der Waals surface area contributed by atoms with E-state index >= 15 is 0 Å². The molecule has 0 spiro atoms. The Morgan fingerprint density at radius 1 is 1.07 bits per heavy atom. The summed E-state index contributed by atoms with van der Waals surface area (Å²) in [5.74, 6) is -2.76. The van der Waals surface area contributed by atoms with Crippen LogP contribution in [0.25, 0.3) is 0 Å². The van der Waals surface area contributed by atoms with Gasteiger partial charge in [0.1, 0.15) is 5.57 Å². The lowest BCUT2D eigenvalue weighted by molar-refractivity contribution is -0.140. The molecule has 4 heteroatoms. The van der Waals surface area contributed by atoms with Crippen molar-refractivity contribution >= 4 is 11.9 Å². The quantitative estimate of drug-likeness (QED) is 0.317. The second kappa shape index (κ2) is 6.01. The molecule has 84 valence electrons. The van der Waals surface area contributed by atoms with E-state index in [4.69, 9.17) is 10.2 Å². The van der Waals surface area contributed by atoms with E-state index in [0.717, 1.165) is 5.57 Å². The first kappa shape index (κ1) is 13.4. The molecule has 0 aliphatic carbocycles. The summed E-state index contributed by atoms with van der Waals surface area (Å²) in [7, 11) is 0. The summed E-state index contributed by atoms with van der Waals surface area (Å²) in [6.07, 6.45) is 3.07. The fourth-order valence-electron chi connectivity index (χ4n) is 1.16. The topological polar surface area (TPSA) is 74.6 Å². The van der Waals surface area contributed by atoms with Crippen molar-refractivity contribution in [1.29, 1.82) is 0 Å². The number of hydrogen-bond donors (Lipinski definition) is 2. The Morgan fingerprint density at radius 2 is 1.53 bits per heavy atom. The number of aliphatic carboxylic acids is 2. The Labute approximate surface area is 88.9 Å². The molecule has 2 N–H and O–H groups in total. The minimum absolute atomic E-state index is 0.396. The second-order valence-corrected chi connectivity index (χ2v) is 3.59. The number of hydrogen-bond acceptors (Lipinski definition) is 2. The first-order valence-electron chi connectivity index (χ1n) is 4.66. The van der Waals surface area contributed by atoms with Gasteiger partial charge < -0.3 is 10.2 Å². The third kappa shape index (κ3) is 5.00. The minimum Gasteiger partial charge on any atom is -0.477 e. The van der Waals surface area contributed by atoms with Gasteiger partial charge in [0.15, 0.2) is 0 Å². The van der Waals surface area contributed by atoms with Crippen LogP contribution < -0.4 is 0 Å². The van der Waals surface area contributed by atoms with Gasteiger partial charge in [0.25, 0.3) is 0 Å². The molecular formula is C11H16O4. The molecule has 4 nitrogen and oxygen atoms in total. The van der Waals surface area contributed by atoms with Gasteiger partial charge in [-0.3, -0.25) is 0 Å². The molecule has 0 radical (unpaired) electrons. The van der Waals surface area contributed by atoms with Crippen molar-refractivity contribution in [3.63, 3.8) is 0 Å². The van der Waals surface area contributed by atoms with Crippen LogP contribution in [0.5, 0.6) is 0 Å². The van der Waals surface area contributed by atoms with Crippen LogP contribution in [0.3, 0.4) is 0 Å². The van der Waals surface area contributed by atoms with E-state index in [1.807, 2.05) is 19.9 Å². The smallest absolute Gasteiger partial charge is 0.343 e. The highest BCUT2D eigenvalue weighted by Crippen LogP contribution is 2.12. The second-order valence-electron chi connectivity index (χ2n) is 3.59. The molecule has 0 aromatic heterocycles. The Kier molecular flexibility index (Phi) is 5.37. The lowest BCUT2D eigenvalue weighted by atomic mass is 10.0. The highest BCUT2D eigenvalue weighted by atomic mass is 16.4. The molecule has 0 bridgehead atoms. The zero-order valence-electron chi connectivity index (χ0n) is 9.20. The maximum Gasteiger partial charge on any atom is 0.343 e. The van der Waals surface area contributed by atoms with Gasteiger partial charge in [0.05, 0.1) is 0 Å². The molecule has 0 saturated heterocycles. The van der Waals surface area contributed by atoms with Crippen molar-refractivity contribution in [2.45, 2.75) is 33.6 Å².